The van der Waals surface area contributed by atoms with Crippen LogP contribution in [0, 0.1) is 6.92 Å². The first-order valence-corrected chi connectivity index (χ1v) is 5.25. The Morgan fingerprint density at radius 3 is 2.93 bits per heavy atom. The molecule has 3 rings (SSSR count). The lowest BCUT2D eigenvalue weighted by molar-refractivity contribution is 0.930. The van der Waals surface area contributed by atoms with Crippen LogP contribution in [0.2, 0.25) is 0 Å². The normalized spacial score (nSPS) is 15.8. The summed E-state index contributed by atoms with van der Waals surface area (Å²) in [7, 11) is 0. The molecule has 1 aromatic carbocycles. The number of aromatic nitrogens is 2. The molecule has 1 fully saturated rings. The van der Waals surface area contributed by atoms with Crippen molar-refractivity contribution in [1.82, 2.24) is 9.97 Å². The van der Waals surface area contributed by atoms with Gasteiger partial charge in [0.1, 0.15) is 5.82 Å². The van der Waals surface area contributed by atoms with Crippen LogP contribution in [0.1, 0.15) is 30.1 Å². The molecule has 0 bridgehead atoms. The van der Waals surface area contributed by atoms with Crippen molar-refractivity contribution in [2.45, 2.75) is 25.7 Å². The molecule has 1 aliphatic rings. The number of hydrogen-bond acceptors (Lipinski definition) is 2. The lowest BCUT2D eigenvalue weighted by atomic mass is 10.1. The topological polar surface area (TPSA) is 45.8 Å². The Kier molecular flexibility index (Phi) is 1.69. The minimum Gasteiger partial charge on any atom is -0.310 e. The van der Waals surface area contributed by atoms with Crippen LogP contribution in [-0.2, 0) is 0 Å². The molecule has 0 atom stereocenters. The number of H-pyrrole nitrogens is 1. The van der Waals surface area contributed by atoms with Gasteiger partial charge in [-0.3, -0.25) is 4.79 Å². The predicted octanol–water partition coefficient (Wildman–Crippen LogP) is 2.11. The zero-order valence-corrected chi connectivity index (χ0v) is 8.58. The van der Waals surface area contributed by atoms with Crippen LogP contribution in [0.5, 0.6) is 0 Å². The maximum atomic E-state index is 11.9. The highest BCUT2D eigenvalue weighted by atomic mass is 16.1. The Morgan fingerprint density at radius 1 is 1.40 bits per heavy atom. The first kappa shape index (κ1) is 8.65. The summed E-state index contributed by atoms with van der Waals surface area (Å²) >= 11 is 0. The fourth-order valence-electron chi connectivity index (χ4n) is 1.93. The number of hydrogen-bond donors (Lipinski definition) is 1. The second kappa shape index (κ2) is 2.92. The second-order valence-electron chi connectivity index (χ2n) is 4.19. The van der Waals surface area contributed by atoms with Gasteiger partial charge in [-0.1, -0.05) is 12.1 Å². The summed E-state index contributed by atoms with van der Waals surface area (Å²) in [6, 6.07) is 5.79. The summed E-state index contributed by atoms with van der Waals surface area (Å²) < 4.78 is 0. The highest BCUT2D eigenvalue weighted by molar-refractivity contribution is 5.80. The molecule has 1 aliphatic carbocycles. The Labute approximate surface area is 87.2 Å². The molecule has 15 heavy (non-hydrogen) atoms. The summed E-state index contributed by atoms with van der Waals surface area (Å²) in [4.78, 5) is 19.2. The summed E-state index contributed by atoms with van der Waals surface area (Å²) in [6.45, 7) is 1.94. The van der Waals surface area contributed by atoms with Gasteiger partial charge in [-0.25, -0.2) is 4.98 Å². The highest BCUT2D eigenvalue weighted by Crippen LogP contribution is 2.37. The molecule has 0 unspecified atom stereocenters. The van der Waals surface area contributed by atoms with E-state index in [9.17, 15) is 4.79 Å². The summed E-state index contributed by atoms with van der Waals surface area (Å²) in [5.74, 6) is 1.35. The second-order valence-corrected chi connectivity index (χ2v) is 4.19. The van der Waals surface area contributed by atoms with E-state index in [2.05, 4.69) is 9.97 Å². The molecule has 0 spiro atoms. The molecule has 1 aromatic heterocycles. The Bertz CT molecular complexity index is 582. The molecule has 76 valence electrons. The standard InChI is InChI=1S/C12H12N2O/c1-7-3-2-4-9-10(7)12(15)14-11(13-9)8-5-6-8/h2-4,8H,5-6H2,1H3,(H,13,14,15). The van der Waals surface area contributed by atoms with Crippen LogP contribution in [0.3, 0.4) is 0 Å². The zero-order valence-electron chi connectivity index (χ0n) is 8.58. The van der Waals surface area contributed by atoms with E-state index in [0.29, 0.717) is 5.92 Å². The highest BCUT2D eigenvalue weighted by Gasteiger charge is 2.26. The van der Waals surface area contributed by atoms with E-state index in [1.54, 1.807) is 0 Å². The molecule has 1 saturated carbocycles. The Balaban J connectivity index is 2.36. The van der Waals surface area contributed by atoms with E-state index in [1.165, 1.54) is 0 Å². The monoisotopic (exact) mass is 200 g/mol. The fraction of sp³-hybridized carbons (Fsp3) is 0.333. The van der Waals surface area contributed by atoms with Crippen LogP contribution >= 0.6 is 0 Å². The van der Waals surface area contributed by atoms with Gasteiger partial charge in [-0.2, -0.15) is 0 Å². The molecule has 3 heteroatoms. The van der Waals surface area contributed by atoms with Gasteiger partial charge < -0.3 is 4.98 Å². The maximum Gasteiger partial charge on any atom is 0.259 e. The number of rotatable bonds is 1. The minimum atomic E-state index is 0.000000000000000222. The molecule has 0 aliphatic heterocycles. The average Bonchev–Trinajstić information content (AvgIpc) is 3.00. The van der Waals surface area contributed by atoms with Crippen molar-refractivity contribution < 1.29 is 0 Å². The summed E-state index contributed by atoms with van der Waals surface area (Å²) in [6.07, 6.45) is 2.31. The molecular formula is C12H12N2O. The van der Waals surface area contributed by atoms with Crippen molar-refractivity contribution in [3.63, 3.8) is 0 Å². The Hall–Kier alpha value is -1.64. The third-order valence-corrected chi connectivity index (χ3v) is 2.92. The fourth-order valence-corrected chi connectivity index (χ4v) is 1.93. The average molecular weight is 200 g/mol. The predicted molar refractivity (Wildman–Crippen MR) is 59.1 cm³/mol. The molecule has 0 amide bonds. The number of aromatic amines is 1. The third kappa shape index (κ3) is 1.35. The van der Waals surface area contributed by atoms with Crippen molar-refractivity contribution in [3.05, 3.63) is 39.9 Å². The molecule has 2 aromatic rings. The van der Waals surface area contributed by atoms with E-state index in [0.717, 1.165) is 35.1 Å². The quantitative estimate of drug-likeness (QED) is 0.766. The third-order valence-electron chi connectivity index (χ3n) is 2.92. The van der Waals surface area contributed by atoms with Crippen LogP contribution < -0.4 is 5.56 Å². The number of nitrogens with zero attached hydrogens (tertiary/aromatic N) is 1. The SMILES string of the molecule is Cc1cccc2nc(C3CC3)[nH]c(=O)c12. The molecule has 1 N–H and O–H groups in total. The van der Waals surface area contributed by atoms with Gasteiger partial charge in [-0.05, 0) is 31.4 Å². The molecule has 0 radical (unpaired) electrons. The van der Waals surface area contributed by atoms with E-state index < -0.39 is 0 Å². The molecular weight excluding hydrogens is 188 g/mol. The van der Waals surface area contributed by atoms with Crippen molar-refractivity contribution >= 4 is 10.9 Å². The van der Waals surface area contributed by atoms with Gasteiger partial charge in [0, 0.05) is 5.92 Å². The van der Waals surface area contributed by atoms with Gasteiger partial charge in [0.2, 0.25) is 0 Å². The minimum absolute atomic E-state index is 0.000000000000000222. The molecule has 0 saturated heterocycles. The van der Waals surface area contributed by atoms with Gasteiger partial charge in [-0.15, -0.1) is 0 Å². The van der Waals surface area contributed by atoms with Gasteiger partial charge in [0.15, 0.2) is 0 Å². The first-order chi connectivity index (χ1) is 7.25. The van der Waals surface area contributed by atoms with Crippen LogP contribution in [0.25, 0.3) is 10.9 Å². The smallest absolute Gasteiger partial charge is 0.259 e. The van der Waals surface area contributed by atoms with Crippen molar-refractivity contribution in [3.8, 4) is 0 Å². The first-order valence-electron chi connectivity index (χ1n) is 5.25. The number of fused-ring (bicyclic) bond motifs is 1. The lowest BCUT2D eigenvalue weighted by Gasteiger charge is -2.02. The van der Waals surface area contributed by atoms with Gasteiger partial charge >= 0.3 is 0 Å². The van der Waals surface area contributed by atoms with E-state index in [1.807, 2.05) is 25.1 Å². The van der Waals surface area contributed by atoms with Gasteiger partial charge in [0.25, 0.3) is 5.56 Å². The molecule has 1 heterocycles. The van der Waals surface area contributed by atoms with Crippen LogP contribution in [0.15, 0.2) is 23.0 Å². The van der Waals surface area contributed by atoms with Crippen molar-refractivity contribution in [2.24, 2.45) is 0 Å². The van der Waals surface area contributed by atoms with E-state index in [-0.39, 0.29) is 5.56 Å². The zero-order chi connectivity index (χ0) is 10.4. The summed E-state index contributed by atoms with van der Waals surface area (Å²) in [5, 5.41) is 0.724. The van der Waals surface area contributed by atoms with Crippen molar-refractivity contribution in [1.29, 1.82) is 0 Å². The number of nitrogens with one attached hydrogen (secondary N) is 1. The van der Waals surface area contributed by atoms with E-state index >= 15 is 0 Å². The Morgan fingerprint density at radius 2 is 2.20 bits per heavy atom. The molecule has 3 nitrogen and oxygen atoms in total. The lowest BCUT2D eigenvalue weighted by Crippen LogP contribution is -2.12. The number of aryl methyl sites for hydroxylation is 1. The summed E-state index contributed by atoms with van der Waals surface area (Å²) in [5.41, 5.74) is 1.81. The van der Waals surface area contributed by atoms with Crippen LogP contribution in [0.4, 0.5) is 0 Å². The number of benzene rings is 1. The van der Waals surface area contributed by atoms with Crippen LogP contribution in [-0.4, -0.2) is 9.97 Å². The maximum absolute atomic E-state index is 11.9. The largest absolute Gasteiger partial charge is 0.310 e. The van der Waals surface area contributed by atoms with Gasteiger partial charge in [0.05, 0.1) is 10.9 Å². The van der Waals surface area contributed by atoms with E-state index in [4.69, 9.17) is 0 Å². The van der Waals surface area contributed by atoms with Crippen molar-refractivity contribution in [2.75, 3.05) is 0 Å².